The molecule has 0 bridgehead atoms. The van der Waals surface area contributed by atoms with Crippen LogP contribution in [0, 0.1) is 25.7 Å². The van der Waals surface area contributed by atoms with E-state index in [2.05, 4.69) is 25.8 Å². The molecule has 1 radical (unpaired) electrons. The molecule has 0 N–H and O–H groups in total. The molecule has 2 heteroatoms. The van der Waals surface area contributed by atoms with Crippen molar-refractivity contribution in [1.82, 2.24) is 4.90 Å². The van der Waals surface area contributed by atoms with Gasteiger partial charge in [-0.1, -0.05) is 5.92 Å². The molecule has 0 aromatic rings. The van der Waals surface area contributed by atoms with Crippen LogP contribution in [0.2, 0.25) is 0 Å². The van der Waals surface area contributed by atoms with E-state index in [4.69, 9.17) is 0 Å². The molecular formula is C8H15NY-2. The smallest absolute Gasteiger partial charge is 0 e. The minimum atomic E-state index is 0. The number of likely N-dealkylation sites (tertiary alicyclic amines) is 1. The SMILES string of the molecule is [CH2-]CC1CN(C)CC1[CH2-].[Y]. The molecule has 10 heavy (non-hydrogen) atoms. The molecular weight excluding hydrogens is 199 g/mol. The Kier molecular flexibility index (Phi) is 5.36. The maximum atomic E-state index is 4.06. The molecule has 1 aliphatic rings. The van der Waals surface area contributed by atoms with Gasteiger partial charge in [-0.2, -0.15) is 12.3 Å². The Labute approximate surface area is 89.4 Å². The van der Waals surface area contributed by atoms with Crippen LogP contribution >= 0.6 is 0 Å². The Morgan fingerprint density at radius 2 is 2.10 bits per heavy atom. The van der Waals surface area contributed by atoms with Gasteiger partial charge in [-0.3, -0.25) is 0 Å². The zero-order chi connectivity index (χ0) is 6.85. The zero-order valence-electron chi connectivity index (χ0n) is 6.71. The largest absolute Gasteiger partial charge is 0.343 e. The van der Waals surface area contributed by atoms with Crippen molar-refractivity contribution in [2.24, 2.45) is 11.8 Å². The summed E-state index contributed by atoms with van der Waals surface area (Å²) in [6.45, 7) is 10.3. The van der Waals surface area contributed by atoms with Crippen molar-refractivity contribution >= 4 is 0 Å². The monoisotopic (exact) mass is 214 g/mol. The van der Waals surface area contributed by atoms with Crippen LogP contribution < -0.4 is 0 Å². The summed E-state index contributed by atoms with van der Waals surface area (Å²) in [6, 6.07) is 0. The third-order valence-corrected chi connectivity index (χ3v) is 2.13. The first-order valence-corrected chi connectivity index (χ1v) is 3.55. The first-order valence-electron chi connectivity index (χ1n) is 3.55. The maximum Gasteiger partial charge on any atom is 0 e. The van der Waals surface area contributed by atoms with E-state index >= 15 is 0 Å². The van der Waals surface area contributed by atoms with Crippen molar-refractivity contribution in [3.8, 4) is 0 Å². The molecule has 0 aromatic carbocycles. The van der Waals surface area contributed by atoms with Crippen molar-refractivity contribution < 1.29 is 32.7 Å². The fourth-order valence-electron chi connectivity index (χ4n) is 1.50. The fourth-order valence-corrected chi connectivity index (χ4v) is 1.50. The van der Waals surface area contributed by atoms with E-state index in [-0.39, 0.29) is 32.7 Å². The molecule has 0 aliphatic carbocycles. The molecule has 0 spiro atoms. The van der Waals surface area contributed by atoms with Crippen molar-refractivity contribution in [2.45, 2.75) is 6.42 Å². The Hall–Kier alpha value is 1.06. The number of nitrogens with zero attached hydrogens (tertiary/aromatic N) is 1. The molecule has 1 saturated heterocycles. The molecule has 0 aromatic heterocycles. The van der Waals surface area contributed by atoms with Gasteiger partial charge in [0.2, 0.25) is 0 Å². The Bertz CT molecular complexity index is 95.3. The van der Waals surface area contributed by atoms with E-state index in [9.17, 15) is 0 Å². The van der Waals surface area contributed by atoms with Gasteiger partial charge in [0.05, 0.1) is 0 Å². The van der Waals surface area contributed by atoms with E-state index in [1.54, 1.807) is 0 Å². The van der Waals surface area contributed by atoms with Gasteiger partial charge >= 0.3 is 0 Å². The van der Waals surface area contributed by atoms with Gasteiger partial charge in [0.1, 0.15) is 0 Å². The fraction of sp³-hybridized carbons (Fsp3) is 0.750. The predicted octanol–water partition coefficient (Wildman–Crippen LogP) is 1.22. The Balaban J connectivity index is 0.000000810. The van der Waals surface area contributed by atoms with Crippen molar-refractivity contribution in [2.75, 3.05) is 20.1 Å². The molecule has 1 nitrogen and oxygen atoms in total. The minimum absolute atomic E-state index is 0. The van der Waals surface area contributed by atoms with Gasteiger partial charge in [-0.25, -0.2) is 0 Å². The molecule has 1 fully saturated rings. The van der Waals surface area contributed by atoms with Crippen LogP contribution in [0.3, 0.4) is 0 Å². The summed E-state index contributed by atoms with van der Waals surface area (Å²) in [5.74, 6) is 1.36. The van der Waals surface area contributed by atoms with Crippen LogP contribution in [0.15, 0.2) is 0 Å². The Morgan fingerprint density at radius 3 is 2.30 bits per heavy atom. The van der Waals surface area contributed by atoms with Crippen molar-refractivity contribution in [3.05, 3.63) is 13.8 Å². The van der Waals surface area contributed by atoms with Crippen LogP contribution in [0.1, 0.15) is 6.42 Å². The van der Waals surface area contributed by atoms with Crippen molar-refractivity contribution in [1.29, 1.82) is 0 Å². The van der Waals surface area contributed by atoms with Crippen LogP contribution in [0.5, 0.6) is 0 Å². The van der Waals surface area contributed by atoms with Gasteiger partial charge in [0.15, 0.2) is 0 Å². The van der Waals surface area contributed by atoms with E-state index in [0.29, 0.717) is 5.92 Å². The average molecular weight is 214 g/mol. The first-order chi connectivity index (χ1) is 4.24. The molecule has 1 rings (SSSR count). The topological polar surface area (TPSA) is 3.24 Å². The van der Waals surface area contributed by atoms with Gasteiger partial charge in [0, 0.05) is 32.7 Å². The summed E-state index contributed by atoms with van der Waals surface area (Å²) in [5, 5.41) is 0. The van der Waals surface area contributed by atoms with E-state index in [0.717, 1.165) is 18.9 Å². The van der Waals surface area contributed by atoms with Gasteiger partial charge in [-0.15, -0.1) is 0 Å². The molecule has 0 amide bonds. The quantitative estimate of drug-likeness (QED) is 0.593. The molecule has 0 saturated carbocycles. The third kappa shape index (κ3) is 2.60. The van der Waals surface area contributed by atoms with E-state index in [1.165, 1.54) is 6.54 Å². The van der Waals surface area contributed by atoms with Crippen LogP contribution in [-0.4, -0.2) is 25.0 Å². The maximum absolute atomic E-state index is 4.06. The first kappa shape index (κ1) is 11.1. The third-order valence-electron chi connectivity index (χ3n) is 2.13. The van der Waals surface area contributed by atoms with Crippen LogP contribution in [0.4, 0.5) is 0 Å². The zero-order valence-corrected chi connectivity index (χ0v) is 9.55. The summed E-state index contributed by atoms with van der Waals surface area (Å²) in [4.78, 5) is 2.33. The van der Waals surface area contributed by atoms with Crippen LogP contribution in [0.25, 0.3) is 0 Å². The second kappa shape index (κ2) is 4.84. The van der Waals surface area contributed by atoms with Crippen LogP contribution in [-0.2, 0) is 32.7 Å². The summed E-state index contributed by atoms with van der Waals surface area (Å²) < 4.78 is 0. The summed E-state index contributed by atoms with van der Waals surface area (Å²) >= 11 is 0. The van der Waals surface area contributed by atoms with Crippen molar-refractivity contribution in [3.63, 3.8) is 0 Å². The molecule has 2 unspecified atom stereocenters. The number of hydrogen-bond donors (Lipinski definition) is 0. The van der Waals surface area contributed by atoms with Gasteiger partial charge < -0.3 is 18.7 Å². The van der Waals surface area contributed by atoms with Gasteiger partial charge in [-0.05, 0) is 20.1 Å². The molecule has 57 valence electrons. The summed E-state index contributed by atoms with van der Waals surface area (Å²) in [7, 11) is 2.15. The summed E-state index contributed by atoms with van der Waals surface area (Å²) in [6.07, 6.45) is 1.04. The summed E-state index contributed by atoms with van der Waals surface area (Å²) in [5.41, 5.74) is 0. The number of hydrogen-bond acceptors (Lipinski definition) is 1. The molecule has 1 aliphatic heterocycles. The van der Waals surface area contributed by atoms with Gasteiger partial charge in [0.25, 0.3) is 0 Å². The van der Waals surface area contributed by atoms with E-state index in [1.807, 2.05) is 0 Å². The standard InChI is InChI=1S/C8H15N.Y/c1-4-8-6-9(3)5-7(8)2;/h7-8H,1-2,4-6H2,3H3;/q-2;. The average Bonchev–Trinajstić information content (AvgIpc) is 2.10. The normalized spacial score (nSPS) is 33.9. The molecule has 2 atom stereocenters. The second-order valence-electron chi connectivity index (χ2n) is 3.03. The van der Waals surface area contributed by atoms with E-state index < -0.39 is 0 Å². The second-order valence-corrected chi connectivity index (χ2v) is 3.03. The predicted molar refractivity (Wildman–Crippen MR) is 39.8 cm³/mol. The Morgan fingerprint density at radius 1 is 1.50 bits per heavy atom. The molecule has 1 heterocycles. The minimum Gasteiger partial charge on any atom is -0.343 e. The number of rotatable bonds is 1.